The molecule has 0 fully saturated rings. The van der Waals surface area contributed by atoms with E-state index in [1.165, 1.54) is 30.3 Å². The molecule has 0 aliphatic heterocycles. The van der Waals surface area contributed by atoms with Crippen molar-refractivity contribution in [1.82, 2.24) is 14.9 Å². The Hall–Kier alpha value is -3.88. The molecular formula is C19H16N3O6-. The second-order valence-electron chi connectivity index (χ2n) is 6.18. The molecule has 0 saturated carbocycles. The molecule has 9 heteroatoms. The summed E-state index contributed by atoms with van der Waals surface area (Å²) in [4.78, 5) is 50.7. The molecule has 1 aromatic heterocycles. The van der Waals surface area contributed by atoms with Crippen molar-refractivity contribution in [3.63, 3.8) is 0 Å². The SMILES string of the molecule is O=C(Cn1c(=O)[nH]c2ccccc2c1=O)N[C@@H](Cc1ccc(O)cc1)C(=O)[O-]. The minimum atomic E-state index is -1.51. The summed E-state index contributed by atoms with van der Waals surface area (Å²) in [6, 6.07) is 10.8. The molecule has 0 aliphatic rings. The van der Waals surface area contributed by atoms with Gasteiger partial charge in [0.05, 0.1) is 22.9 Å². The number of aromatic hydroxyl groups is 1. The maximum atomic E-state index is 12.4. The number of nitrogens with one attached hydrogen (secondary N) is 2. The zero-order chi connectivity index (χ0) is 20.3. The molecule has 0 bridgehead atoms. The predicted molar refractivity (Wildman–Crippen MR) is 97.6 cm³/mol. The molecule has 0 radical (unpaired) electrons. The number of benzene rings is 2. The van der Waals surface area contributed by atoms with E-state index in [0.29, 0.717) is 15.6 Å². The molecular weight excluding hydrogens is 366 g/mol. The van der Waals surface area contributed by atoms with Crippen molar-refractivity contribution in [3.8, 4) is 5.75 Å². The minimum Gasteiger partial charge on any atom is -0.548 e. The number of rotatable bonds is 6. The fourth-order valence-electron chi connectivity index (χ4n) is 2.79. The van der Waals surface area contributed by atoms with Crippen LogP contribution in [-0.4, -0.2) is 32.6 Å². The number of hydrogen-bond donors (Lipinski definition) is 3. The molecule has 9 nitrogen and oxygen atoms in total. The Labute approximate surface area is 157 Å². The van der Waals surface area contributed by atoms with Crippen LogP contribution in [0, 0.1) is 0 Å². The monoisotopic (exact) mass is 382 g/mol. The van der Waals surface area contributed by atoms with Crippen LogP contribution in [-0.2, 0) is 22.6 Å². The third kappa shape index (κ3) is 4.09. The predicted octanol–water partition coefficient (Wildman–Crippen LogP) is -1.13. The van der Waals surface area contributed by atoms with Crippen LogP contribution in [0.4, 0.5) is 0 Å². The summed E-state index contributed by atoms with van der Waals surface area (Å²) in [6.45, 7) is -0.641. The van der Waals surface area contributed by atoms with E-state index in [1.54, 1.807) is 18.2 Å². The number of fused-ring (bicyclic) bond motifs is 1. The average Bonchev–Trinajstić information content (AvgIpc) is 2.66. The molecule has 0 spiro atoms. The Kier molecular flexibility index (Phi) is 5.25. The fourth-order valence-corrected chi connectivity index (χ4v) is 2.79. The van der Waals surface area contributed by atoms with Gasteiger partial charge in [-0.05, 0) is 36.2 Å². The highest BCUT2D eigenvalue weighted by Gasteiger charge is 2.17. The van der Waals surface area contributed by atoms with E-state index in [2.05, 4.69) is 10.3 Å². The minimum absolute atomic E-state index is 0.0210. The van der Waals surface area contributed by atoms with E-state index in [0.717, 1.165) is 0 Å². The summed E-state index contributed by atoms with van der Waals surface area (Å²) in [5.74, 6) is -2.32. The van der Waals surface area contributed by atoms with E-state index in [1.807, 2.05) is 0 Å². The molecule has 3 N–H and O–H groups in total. The highest BCUT2D eigenvalue weighted by Crippen LogP contribution is 2.11. The topological polar surface area (TPSA) is 144 Å². The van der Waals surface area contributed by atoms with Crippen LogP contribution in [0.15, 0.2) is 58.1 Å². The van der Waals surface area contributed by atoms with Crippen LogP contribution in [0.2, 0.25) is 0 Å². The first-order chi connectivity index (χ1) is 13.3. The zero-order valence-corrected chi connectivity index (χ0v) is 14.5. The first-order valence-electron chi connectivity index (χ1n) is 8.35. The fraction of sp³-hybridized carbons (Fsp3) is 0.158. The zero-order valence-electron chi connectivity index (χ0n) is 14.5. The molecule has 1 heterocycles. The van der Waals surface area contributed by atoms with Gasteiger partial charge >= 0.3 is 5.69 Å². The van der Waals surface area contributed by atoms with Crippen LogP contribution < -0.4 is 21.7 Å². The number of aliphatic carboxylic acids is 1. The number of carbonyl (C=O) groups excluding carboxylic acids is 2. The first kappa shape index (κ1) is 18.9. The number of carboxylic acids is 1. The third-order valence-corrected chi connectivity index (χ3v) is 4.19. The van der Waals surface area contributed by atoms with Crippen molar-refractivity contribution in [2.45, 2.75) is 19.0 Å². The Bertz CT molecular complexity index is 1150. The Morgan fingerprint density at radius 2 is 1.79 bits per heavy atom. The van der Waals surface area contributed by atoms with Crippen LogP contribution in [0.1, 0.15) is 5.56 Å². The van der Waals surface area contributed by atoms with Gasteiger partial charge in [0.15, 0.2) is 0 Å². The van der Waals surface area contributed by atoms with Crippen LogP contribution in [0.25, 0.3) is 10.9 Å². The number of carboxylic acid groups (broad SMARTS) is 1. The van der Waals surface area contributed by atoms with Gasteiger partial charge in [-0.3, -0.25) is 14.2 Å². The summed E-state index contributed by atoms with van der Waals surface area (Å²) in [5.41, 5.74) is -0.539. The van der Waals surface area contributed by atoms with Gasteiger partial charge in [0.2, 0.25) is 5.91 Å². The first-order valence-corrected chi connectivity index (χ1v) is 8.35. The third-order valence-electron chi connectivity index (χ3n) is 4.19. The number of phenolic OH excluding ortho intramolecular Hbond substituents is 1. The summed E-state index contributed by atoms with van der Waals surface area (Å²) in [6.07, 6.45) is -0.0860. The summed E-state index contributed by atoms with van der Waals surface area (Å²) < 4.78 is 0.699. The number of aromatic amines is 1. The molecule has 3 rings (SSSR count). The van der Waals surface area contributed by atoms with Gasteiger partial charge in [0.25, 0.3) is 5.56 Å². The van der Waals surface area contributed by atoms with Gasteiger partial charge < -0.3 is 25.3 Å². The second-order valence-corrected chi connectivity index (χ2v) is 6.18. The Morgan fingerprint density at radius 1 is 1.11 bits per heavy atom. The molecule has 3 aromatic rings. The van der Waals surface area contributed by atoms with Crippen molar-refractivity contribution in [3.05, 3.63) is 74.9 Å². The average molecular weight is 382 g/mol. The van der Waals surface area contributed by atoms with E-state index in [4.69, 9.17) is 0 Å². The number of hydrogen-bond acceptors (Lipinski definition) is 6. The van der Waals surface area contributed by atoms with Gasteiger partial charge in [-0.25, -0.2) is 4.79 Å². The second kappa shape index (κ2) is 7.78. The number of H-pyrrole nitrogens is 1. The van der Waals surface area contributed by atoms with E-state index < -0.39 is 35.7 Å². The summed E-state index contributed by atoms with van der Waals surface area (Å²) in [7, 11) is 0. The van der Waals surface area contributed by atoms with Gasteiger partial charge in [0.1, 0.15) is 12.3 Å². The molecule has 144 valence electrons. The lowest BCUT2D eigenvalue weighted by Crippen LogP contribution is -2.51. The molecule has 0 aliphatic carbocycles. The van der Waals surface area contributed by atoms with Crippen molar-refractivity contribution >= 4 is 22.8 Å². The van der Waals surface area contributed by atoms with Crippen molar-refractivity contribution in [2.24, 2.45) is 0 Å². The number of para-hydroxylation sites is 1. The summed E-state index contributed by atoms with van der Waals surface area (Å²) >= 11 is 0. The lowest BCUT2D eigenvalue weighted by atomic mass is 10.1. The molecule has 0 saturated heterocycles. The van der Waals surface area contributed by atoms with Crippen LogP contribution >= 0.6 is 0 Å². The van der Waals surface area contributed by atoms with Crippen LogP contribution in [0.3, 0.4) is 0 Å². The van der Waals surface area contributed by atoms with Crippen molar-refractivity contribution in [1.29, 1.82) is 0 Å². The van der Waals surface area contributed by atoms with E-state index in [-0.39, 0.29) is 17.6 Å². The smallest absolute Gasteiger partial charge is 0.329 e. The Morgan fingerprint density at radius 3 is 2.46 bits per heavy atom. The van der Waals surface area contributed by atoms with Gasteiger partial charge in [-0.15, -0.1) is 0 Å². The normalized spacial score (nSPS) is 11.9. The van der Waals surface area contributed by atoms with E-state index in [9.17, 15) is 29.4 Å². The quantitative estimate of drug-likeness (QED) is 0.492. The number of amides is 1. The maximum Gasteiger partial charge on any atom is 0.329 e. The summed E-state index contributed by atoms with van der Waals surface area (Å²) in [5, 5.41) is 23.1. The number of carbonyl (C=O) groups is 2. The van der Waals surface area contributed by atoms with Crippen molar-refractivity contribution in [2.75, 3.05) is 0 Å². The van der Waals surface area contributed by atoms with Gasteiger partial charge in [-0.2, -0.15) is 0 Å². The largest absolute Gasteiger partial charge is 0.548 e. The number of nitrogens with zero attached hydrogens (tertiary/aromatic N) is 1. The number of phenols is 1. The highest BCUT2D eigenvalue weighted by atomic mass is 16.4. The van der Waals surface area contributed by atoms with Gasteiger partial charge in [-0.1, -0.05) is 24.3 Å². The molecule has 2 aromatic carbocycles. The lowest BCUT2D eigenvalue weighted by Gasteiger charge is -2.20. The Balaban J connectivity index is 1.79. The number of aromatic nitrogens is 2. The molecule has 1 atom stereocenters. The van der Waals surface area contributed by atoms with Crippen LogP contribution in [0.5, 0.6) is 5.75 Å². The molecule has 1 amide bonds. The highest BCUT2D eigenvalue weighted by molar-refractivity contribution is 5.83. The lowest BCUT2D eigenvalue weighted by molar-refractivity contribution is -0.308. The standard InChI is InChI=1S/C19H17N3O6/c23-12-7-5-11(6-8-12)9-15(18(26)27)20-16(24)10-22-17(25)13-3-1-2-4-14(13)21-19(22)28/h1-8,15,23H,9-10H2,(H,20,24)(H,21,28)(H,26,27)/p-1/t15-/m0/s1. The maximum absolute atomic E-state index is 12.4. The van der Waals surface area contributed by atoms with E-state index >= 15 is 0 Å². The molecule has 28 heavy (non-hydrogen) atoms. The van der Waals surface area contributed by atoms with Gasteiger partial charge in [0, 0.05) is 0 Å². The van der Waals surface area contributed by atoms with Crippen molar-refractivity contribution < 1.29 is 19.8 Å². The molecule has 0 unspecified atom stereocenters.